The molecule has 38 heavy (non-hydrogen) atoms. The van der Waals surface area contributed by atoms with Gasteiger partial charge in [0.25, 0.3) is 11.5 Å². The normalized spacial score (nSPS) is 17.4. The van der Waals surface area contributed by atoms with Crippen molar-refractivity contribution in [1.82, 2.24) is 14.5 Å². The lowest BCUT2D eigenvalue weighted by atomic mass is 9.86. The number of hydrogen-bond acceptors (Lipinski definition) is 5. The van der Waals surface area contributed by atoms with Crippen LogP contribution < -0.4 is 15.6 Å². The Morgan fingerprint density at radius 2 is 1.66 bits per heavy atom. The summed E-state index contributed by atoms with van der Waals surface area (Å²) in [4.78, 5) is 51.8. The summed E-state index contributed by atoms with van der Waals surface area (Å²) in [5.74, 6) is -1.65. The van der Waals surface area contributed by atoms with Crippen LogP contribution in [0.1, 0.15) is 46.5 Å². The van der Waals surface area contributed by atoms with Gasteiger partial charge in [0.1, 0.15) is 5.39 Å². The van der Waals surface area contributed by atoms with E-state index in [1.54, 1.807) is 48.0 Å². The van der Waals surface area contributed by atoms with Gasteiger partial charge in [-0.25, -0.2) is 0 Å². The van der Waals surface area contributed by atoms with Gasteiger partial charge in [0.15, 0.2) is 17.2 Å². The number of nitrogens with one attached hydrogen (secondary N) is 1. The van der Waals surface area contributed by atoms with Gasteiger partial charge in [-0.2, -0.15) is 0 Å². The van der Waals surface area contributed by atoms with Crippen molar-refractivity contribution in [1.29, 1.82) is 0 Å². The molecule has 196 valence electrons. The second kappa shape index (κ2) is 10.2. The quantitative estimate of drug-likeness (QED) is 0.362. The van der Waals surface area contributed by atoms with Gasteiger partial charge in [-0.3, -0.25) is 23.7 Å². The van der Waals surface area contributed by atoms with Crippen molar-refractivity contribution in [3.63, 3.8) is 0 Å². The first-order chi connectivity index (χ1) is 18.3. The number of pyridine rings is 1. The van der Waals surface area contributed by atoms with Gasteiger partial charge in [-0.1, -0.05) is 48.5 Å². The Balaban J connectivity index is 1.59. The van der Waals surface area contributed by atoms with Crippen molar-refractivity contribution in [3.05, 3.63) is 76.2 Å². The lowest BCUT2D eigenvalue weighted by molar-refractivity contribution is -0.142. The van der Waals surface area contributed by atoms with Gasteiger partial charge < -0.3 is 19.7 Å². The molecule has 2 aromatic heterocycles. The highest BCUT2D eigenvalue weighted by Gasteiger charge is 2.31. The van der Waals surface area contributed by atoms with Gasteiger partial charge >= 0.3 is 5.97 Å². The number of ether oxygens (including phenoxy) is 1. The number of aryl methyl sites for hydroxylation is 1. The largest absolute Gasteiger partial charge is 0.493 e. The molecule has 1 amide bonds. The first-order valence-corrected chi connectivity index (χ1v) is 12.6. The smallest absolute Gasteiger partial charge is 0.306 e. The number of Topliss-reactive ketones (excluding diaryl/α,β-unsaturated/α-hetero) is 1. The Bertz CT molecular complexity index is 1610. The molecule has 2 N–H and O–H groups in total. The lowest BCUT2D eigenvalue weighted by Crippen LogP contribution is -2.39. The topological polar surface area (TPSA) is 120 Å². The van der Waals surface area contributed by atoms with Crippen LogP contribution >= 0.6 is 0 Å². The molecular weight excluding hydrogens is 486 g/mol. The van der Waals surface area contributed by atoms with Crippen LogP contribution in [0, 0.1) is 5.92 Å². The maximum absolute atomic E-state index is 13.9. The summed E-state index contributed by atoms with van der Waals surface area (Å²) >= 11 is 0. The predicted molar refractivity (Wildman–Crippen MR) is 143 cm³/mol. The summed E-state index contributed by atoms with van der Waals surface area (Å²) in [5.41, 5.74) is 1.41. The Morgan fingerprint density at radius 3 is 2.32 bits per heavy atom. The van der Waals surface area contributed by atoms with E-state index in [0.717, 1.165) is 0 Å². The minimum atomic E-state index is -0.806. The van der Waals surface area contributed by atoms with E-state index in [1.165, 1.54) is 11.7 Å². The number of rotatable bonds is 7. The fourth-order valence-corrected chi connectivity index (χ4v) is 5.53. The standard InChI is InChI=1S/C29H29N3O6/c1-31-24-20-10-6-7-11-21(20)32(16-22(33)17-8-4-3-5-9-17)28(35)23(24)26(38-2)25(31)27(34)30-19-14-12-18(13-15-19)29(36)37/h3-11,18-19H,12-16H2,1-2H3,(H,30,34)(H,36,37). The monoisotopic (exact) mass is 515 g/mol. The number of aromatic nitrogens is 2. The first-order valence-electron chi connectivity index (χ1n) is 12.6. The molecule has 0 bridgehead atoms. The molecule has 4 aromatic rings. The second-order valence-electron chi connectivity index (χ2n) is 9.72. The Hall–Kier alpha value is -4.40. The van der Waals surface area contributed by atoms with E-state index in [-0.39, 0.29) is 35.2 Å². The fraction of sp³-hybridized carbons (Fsp3) is 0.310. The number of methoxy groups -OCH3 is 1. The van der Waals surface area contributed by atoms with E-state index >= 15 is 0 Å². The number of amides is 1. The van der Waals surface area contributed by atoms with Crippen molar-refractivity contribution in [3.8, 4) is 5.75 Å². The highest BCUT2D eigenvalue weighted by atomic mass is 16.5. The minimum Gasteiger partial charge on any atom is -0.493 e. The number of carbonyl (C=O) groups is 3. The first kappa shape index (κ1) is 25.3. The van der Waals surface area contributed by atoms with E-state index in [4.69, 9.17) is 4.74 Å². The average molecular weight is 516 g/mol. The van der Waals surface area contributed by atoms with Crippen LogP contribution in [-0.4, -0.2) is 45.1 Å². The molecule has 0 atom stereocenters. The number of carbonyl (C=O) groups excluding carboxylic acids is 2. The Labute approximate surface area is 218 Å². The highest BCUT2D eigenvalue weighted by molar-refractivity contribution is 6.12. The summed E-state index contributed by atoms with van der Waals surface area (Å²) in [6.07, 6.45) is 2.12. The molecule has 0 aliphatic heterocycles. The van der Waals surface area contributed by atoms with Crippen molar-refractivity contribution >= 4 is 39.5 Å². The van der Waals surface area contributed by atoms with Crippen LogP contribution in [0.2, 0.25) is 0 Å². The third kappa shape index (κ3) is 4.34. The summed E-state index contributed by atoms with van der Waals surface area (Å²) in [6.45, 7) is -0.161. The fourth-order valence-electron chi connectivity index (χ4n) is 5.53. The van der Waals surface area contributed by atoms with E-state index < -0.39 is 23.4 Å². The van der Waals surface area contributed by atoms with Gasteiger partial charge in [-0.15, -0.1) is 0 Å². The molecule has 0 saturated heterocycles. The minimum absolute atomic E-state index is 0.149. The molecule has 0 spiro atoms. The SMILES string of the molecule is COc1c(C(=O)NC2CCC(C(=O)O)CC2)n(C)c2c1c(=O)n(CC(=O)c1ccccc1)c1ccccc21. The van der Waals surface area contributed by atoms with E-state index in [2.05, 4.69) is 5.32 Å². The maximum atomic E-state index is 13.9. The third-order valence-corrected chi connectivity index (χ3v) is 7.49. The number of para-hydroxylation sites is 1. The van der Waals surface area contributed by atoms with Crippen LogP contribution in [0.3, 0.4) is 0 Å². The molecule has 0 unspecified atom stereocenters. The summed E-state index contributed by atoms with van der Waals surface area (Å²) in [7, 11) is 3.13. The van der Waals surface area contributed by atoms with Crippen molar-refractivity contribution in [2.75, 3.05) is 7.11 Å². The third-order valence-electron chi connectivity index (χ3n) is 7.49. The van der Waals surface area contributed by atoms with Gasteiger partial charge in [0.05, 0.1) is 30.6 Å². The van der Waals surface area contributed by atoms with Gasteiger partial charge in [-0.05, 0) is 31.7 Å². The molecule has 1 saturated carbocycles. The Morgan fingerprint density at radius 1 is 1.00 bits per heavy atom. The molecule has 1 fully saturated rings. The summed E-state index contributed by atoms with van der Waals surface area (Å²) in [5, 5.41) is 13.2. The van der Waals surface area contributed by atoms with E-state index in [0.29, 0.717) is 47.7 Å². The maximum Gasteiger partial charge on any atom is 0.306 e. The number of aliphatic carboxylic acids is 1. The van der Waals surface area contributed by atoms with Crippen LogP contribution in [0.15, 0.2) is 59.4 Å². The zero-order chi connectivity index (χ0) is 27.0. The highest BCUT2D eigenvalue weighted by Crippen LogP contribution is 2.35. The van der Waals surface area contributed by atoms with Gasteiger partial charge in [0, 0.05) is 24.0 Å². The number of hydrogen-bond donors (Lipinski definition) is 2. The summed E-state index contributed by atoms with van der Waals surface area (Å²) < 4.78 is 8.76. The predicted octanol–water partition coefficient (Wildman–Crippen LogP) is 3.76. The molecule has 9 nitrogen and oxygen atoms in total. The van der Waals surface area contributed by atoms with E-state index in [9.17, 15) is 24.3 Å². The number of benzene rings is 2. The van der Waals surface area contributed by atoms with Gasteiger partial charge in [0.2, 0.25) is 0 Å². The van der Waals surface area contributed by atoms with Crippen LogP contribution in [-0.2, 0) is 18.4 Å². The van der Waals surface area contributed by atoms with Crippen molar-refractivity contribution < 1.29 is 24.2 Å². The lowest BCUT2D eigenvalue weighted by Gasteiger charge is -2.27. The number of ketones is 1. The number of carboxylic acids is 1. The van der Waals surface area contributed by atoms with E-state index in [1.807, 2.05) is 18.2 Å². The van der Waals surface area contributed by atoms with Crippen LogP contribution in [0.5, 0.6) is 5.75 Å². The molecule has 1 aliphatic rings. The number of fused-ring (bicyclic) bond motifs is 3. The second-order valence-corrected chi connectivity index (χ2v) is 9.72. The summed E-state index contributed by atoms with van der Waals surface area (Å²) in [6, 6.07) is 15.9. The molecule has 2 heterocycles. The molecule has 9 heteroatoms. The van der Waals surface area contributed by atoms with Crippen molar-refractivity contribution in [2.24, 2.45) is 13.0 Å². The average Bonchev–Trinajstić information content (AvgIpc) is 3.24. The number of nitrogens with zero attached hydrogens (tertiary/aromatic N) is 2. The molecule has 0 radical (unpaired) electrons. The van der Waals surface area contributed by atoms with Crippen molar-refractivity contribution in [2.45, 2.75) is 38.3 Å². The zero-order valence-corrected chi connectivity index (χ0v) is 21.3. The molecule has 2 aromatic carbocycles. The van der Waals surface area contributed by atoms with Crippen LogP contribution in [0.4, 0.5) is 0 Å². The van der Waals surface area contributed by atoms with Crippen LogP contribution in [0.25, 0.3) is 21.8 Å². The number of carboxylic acid groups (broad SMARTS) is 1. The zero-order valence-electron chi connectivity index (χ0n) is 21.3. The molecule has 5 rings (SSSR count). The molecular formula is C29H29N3O6. The Kier molecular flexibility index (Phi) is 6.75. The molecule has 1 aliphatic carbocycles.